The Hall–Kier alpha value is -5.23. The fraction of sp³-hybridized carbons (Fsp3) is 0.475. The van der Waals surface area contributed by atoms with Crippen LogP contribution in [-0.2, 0) is 28.6 Å². The van der Waals surface area contributed by atoms with Crippen molar-refractivity contribution in [3.63, 3.8) is 0 Å². The molecule has 358 valence electrons. The zero-order valence-corrected chi connectivity index (χ0v) is 40.7. The van der Waals surface area contributed by atoms with Crippen LogP contribution in [0.5, 0.6) is 0 Å². The first-order chi connectivity index (χ1) is 32.0. The third-order valence-corrected chi connectivity index (χ3v) is 9.42. The molecule has 0 aromatic carbocycles. The van der Waals surface area contributed by atoms with Gasteiger partial charge in [0, 0.05) is 19.3 Å². The van der Waals surface area contributed by atoms with Crippen LogP contribution in [0.15, 0.2) is 170 Å². The summed E-state index contributed by atoms with van der Waals surface area (Å²) in [6.07, 6.45) is 76.2. The molecule has 0 amide bonds. The van der Waals surface area contributed by atoms with E-state index in [1.165, 1.54) is 0 Å². The predicted octanol–water partition coefficient (Wildman–Crippen LogP) is 16.4. The normalized spacial score (nSPS) is 13.6. The van der Waals surface area contributed by atoms with Gasteiger partial charge in [-0.2, -0.15) is 0 Å². The van der Waals surface area contributed by atoms with Crippen molar-refractivity contribution in [2.75, 3.05) is 13.2 Å². The third kappa shape index (κ3) is 49.6. The first kappa shape index (κ1) is 59.8. The van der Waals surface area contributed by atoms with Crippen molar-refractivity contribution >= 4 is 17.9 Å². The molecule has 0 bridgehead atoms. The van der Waals surface area contributed by atoms with Crippen molar-refractivity contribution in [3.05, 3.63) is 170 Å². The second kappa shape index (κ2) is 51.4. The van der Waals surface area contributed by atoms with Crippen molar-refractivity contribution in [2.45, 2.75) is 168 Å². The smallest absolute Gasteiger partial charge is 0.306 e. The summed E-state index contributed by atoms with van der Waals surface area (Å²) in [5.74, 6) is -1.08. The lowest BCUT2D eigenvalue weighted by Crippen LogP contribution is -2.30. The minimum absolute atomic E-state index is 0.135. The molecule has 0 radical (unpaired) electrons. The summed E-state index contributed by atoms with van der Waals surface area (Å²) >= 11 is 0. The Morgan fingerprint density at radius 3 is 1.11 bits per heavy atom. The van der Waals surface area contributed by atoms with Crippen molar-refractivity contribution < 1.29 is 28.6 Å². The molecule has 65 heavy (non-hydrogen) atoms. The number of rotatable bonds is 41. The Kier molecular flexibility index (Phi) is 47.3. The Bertz CT molecular complexity index is 1590. The van der Waals surface area contributed by atoms with Crippen molar-refractivity contribution in [1.82, 2.24) is 0 Å². The number of carbonyl (C=O) groups is 3. The van der Waals surface area contributed by atoms with Crippen molar-refractivity contribution in [3.8, 4) is 0 Å². The van der Waals surface area contributed by atoms with Crippen LogP contribution in [-0.4, -0.2) is 37.2 Å². The molecule has 1 atom stereocenters. The van der Waals surface area contributed by atoms with E-state index in [2.05, 4.69) is 118 Å². The largest absolute Gasteiger partial charge is 0.462 e. The maximum Gasteiger partial charge on any atom is 0.306 e. The summed E-state index contributed by atoms with van der Waals surface area (Å²) < 4.78 is 16.7. The molecule has 1 unspecified atom stereocenters. The predicted molar refractivity (Wildman–Crippen MR) is 278 cm³/mol. The van der Waals surface area contributed by atoms with E-state index >= 15 is 0 Å². The van der Waals surface area contributed by atoms with Gasteiger partial charge in [-0.05, 0) is 96.3 Å². The molecule has 0 fully saturated rings. The Morgan fingerprint density at radius 2 is 0.646 bits per heavy atom. The first-order valence-corrected chi connectivity index (χ1v) is 24.8. The maximum absolute atomic E-state index is 12.8. The number of hydrogen-bond acceptors (Lipinski definition) is 6. The highest BCUT2D eigenvalue weighted by Crippen LogP contribution is 2.11. The van der Waals surface area contributed by atoms with Gasteiger partial charge in [0.2, 0.25) is 0 Å². The van der Waals surface area contributed by atoms with Gasteiger partial charge in [0.15, 0.2) is 6.10 Å². The van der Waals surface area contributed by atoms with Gasteiger partial charge in [0.1, 0.15) is 13.2 Å². The number of carbonyl (C=O) groups excluding carboxylic acids is 3. The molecule has 6 heteroatoms. The molecular weight excluding hydrogens is 805 g/mol. The summed E-state index contributed by atoms with van der Waals surface area (Å²) in [6, 6.07) is 0. The fourth-order valence-electron chi connectivity index (χ4n) is 5.80. The van der Waals surface area contributed by atoms with E-state index in [1.807, 2.05) is 72.9 Å². The third-order valence-electron chi connectivity index (χ3n) is 9.42. The highest BCUT2D eigenvalue weighted by Gasteiger charge is 2.19. The highest BCUT2D eigenvalue weighted by molar-refractivity contribution is 5.71. The van der Waals surface area contributed by atoms with Gasteiger partial charge in [-0.3, -0.25) is 14.4 Å². The molecule has 0 saturated heterocycles. The van der Waals surface area contributed by atoms with E-state index in [0.717, 1.165) is 109 Å². The lowest BCUT2D eigenvalue weighted by atomic mass is 10.1. The summed E-state index contributed by atoms with van der Waals surface area (Å²) in [4.78, 5) is 37.9. The summed E-state index contributed by atoms with van der Waals surface area (Å²) in [5.41, 5.74) is 0. The highest BCUT2D eigenvalue weighted by atomic mass is 16.6. The van der Waals surface area contributed by atoms with Crippen LogP contribution in [0.2, 0.25) is 0 Å². The molecule has 0 N–H and O–H groups in total. The number of allylic oxidation sites excluding steroid dienone is 28. The quantitative estimate of drug-likeness (QED) is 0.0200. The number of hydrogen-bond donors (Lipinski definition) is 0. The Morgan fingerprint density at radius 1 is 0.323 bits per heavy atom. The van der Waals surface area contributed by atoms with E-state index in [1.54, 1.807) is 0 Å². The summed E-state index contributed by atoms with van der Waals surface area (Å²) in [6.45, 7) is 6.09. The van der Waals surface area contributed by atoms with E-state index < -0.39 is 6.10 Å². The van der Waals surface area contributed by atoms with Gasteiger partial charge >= 0.3 is 17.9 Å². The second-order valence-electron chi connectivity index (χ2n) is 15.4. The standard InChI is InChI=1S/C59H86O6/c1-4-7-10-13-16-19-22-25-28-29-32-34-37-40-43-46-49-52-58(61)64-55-56(65-59(62)53-50-47-44-41-38-35-31-27-24-21-18-15-12-9-6-3)54-63-57(60)51-48-45-42-39-36-33-30-26-23-20-17-14-11-8-5-2/h7-12,14-21,23-28,30-32,34-35,38,40,43,56H,4-6,13,22,29,33,36-37,39,41-42,44-55H2,1-3H3/b10-7-,11-8-,12-9-,17-14-,18-15-,19-16-,23-20-,24-21-,28-25-,30-26-,31-27-,34-32-,38-35-,43-40-. The van der Waals surface area contributed by atoms with E-state index in [9.17, 15) is 14.4 Å². The first-order valence-electron chi connectivity index (χ1n) is 24.8. The second-order valence-corrected chi connectivity index (χ2v) is 15.4. The SMILES string of the molecule is CC\C=C/C=C\C=C/C=C\C=C/CCCCCC(=O)OC(COC(=O)CCC/C=C\C/C=C\C/C=C\C/C=C\C/C=C\CC)COC(=O)CCCCCCC\C=C/C=C\C=C/C=C\CC. The lowest BCUT2D eigenvalue weighted by molar-refractivity contribution is -0.167. The average molecular weight is 891 g/mol. The monoisotopic (exact) mass is 891 g/mol. The van der Waals surface area contributed by atoms with E-state index in [4.69, 9.17) is 14.2 Å². The maximum atomic E-state index is 12.8. The summed E-state index contributed by atoms with van der Waals surface area (Å²) in [7, 11) is 0. The lowest BCUT2D eigenvalue weighted by Gasteiger charge is -2.18. The van der Waals surface area contributed by atoms with Gasteiger partial charge < -0.3 is 14.2 Å². The number of unbranched alkanes of at least 4 members (excludes halogenated alkanes) is 9. The van der Waals surface area contributed by atoms with Gasteiger partial charge in [-0.1, -0.05) is 217 Å². The summed E-state index contributed by atoms with van der Waals surface area (Å²) in [5, 5.41) is 0. The molecule has 0 aromatic rings. The molecule has 0 spiro atoms. The molecule has 6 nitrogen and oxygen atoms in total. The molecule has 0 rings (SSSR count). The zero-order valence-electron chi connectivity index (χ0n) is 40.7. The van der Waals surface area contributed by atoms with Crippen LogP contribution < -0.4 is 0 Å². The molecule has 0 aliphatic carbocycles. The topological polar surface area (TPSA) is 78.9 Å². The van der Waals surface area contributed by atoms with Gasteiger partial charge in [0.25, 0.3) is 0 Å². The Labute approximate surface area is 396 Å². The molecule has 0 heterocycles. The number of esters is 3. The molecule has 0 aromatic heterocycles. The molecule has 0 aliphatic heterocycles. The van der Waals surface area contributed by atoms with E-state index in [-0.39, 0.29) is 44.0 Å². The van der Waals surface area contributed by atoms with Gasteiger partial charge in [-0.15, -0.1) is 0 Å². The number of ether oxygens (including phenoxy) is 3. The van der Waals surface area contributed by atoms with Crippen LogP contribution >= 0.6 is 0 Å². The fourth-order valence-corrected chi connectivity index (χ4v) is 5.80. The van der Waals surface area contributed by atoms with Crippen LogP contribution in [0.3, 0.4) is 0 Å². The van der Waals surface area contributed by atoms with Crippen LogP contribution in [0, 0.1) is 0 Å². The molecule has 0 saturated carbocycles. The van der Waals surface area contributed by atoms with E-state index in [0.29, 0.717) is 19.3 Å². The van der Waals surface area contributed by atoms with Crippen LogP contribution in [0.4, 0.5) is 0 Å². The van der Waals surface area contributed by atoms with Crippen LogP contribution in [0.1, 0.15) is 162 Å². The molecule has 0 aliphatic rings. The minimum atomic E-state index is -0.842. The zero-order chi connectivity index (χ0) is 47.2. The van der Waals surface area contributed by atoms with Crippen LogP contribution in [0.25, 0.3) is 0 Å². The van der Waals surface area contributed by atoms with Gasteiger partial charge in [-0.25, -0.2) is 0 Å². The van der Waals surface area contributed by atoms with Gasteiger partial charge in [0.05, 0.1) is 0 Å². The minimum Gasteiger partial charge on any atom is -0.462 e. The Balaban J connectivity index is 4.65. The average Bonchev–Trinajstić information content (AvgIpc) is 3.30. The van der Waals surface area contributed by atoms with Crippen molar-refractivity contribution in [2.24, 2.45) is 0 Å². The van der Waals surface area contributed by atoms with Crippen molar-refractivity contribution in [1.29, 1.82) is 0 Å². The molecular formula is C59H86O6.